The van der Waals surface area contributed by atoms with E-state index in [1.165, 1.54) is 12.4 Å². The van der Waals surface area contributed by atoms with E-state index in [-0.39, 0.29) is 12.1 Å². The number of carboxylic acid groups (broad SMARTS) is 1. The van der Waals surface area contributed by atoms with E-state index in [9.17, 15) is 15.2 Å². The molecule has 0 saturated carbocycles. The number of rotatable bonds is 10. The molecule has 0 spiro atoms. The number of fused-ring (bicyclic) bond motifs is 1. The maximum Gasteiger partial charge on any atom is 0.358 e. The minimum atomic E-state index is -1.15. The summed E-state index contributed by atoms with van der Waals surface area (Å²) in [6.07, 6.45) is 10.6. The molecule has 1 aliphatic heterocycles. The lowest BCUT2D eigenvalue weighted by atomic mass is 9.86. The van der Waals surface area contributed by atoms with Gasteiger partial charge >= 0.3 is 5.97 Å². The van der Waals surface area contributed by atoms with E-state index in [4.69, 9.17) is 4.74 Å². The van der Waals surface area contributed by atoms with E-state index < -0.39 is 19.6 Å². The summed E-state index contributed by atoms with van der Waals surface area (Å²) in [6.45, 7) is 8.99. The molecule has 38 heavy (non-hydrogen) atoms. The van der Waals surface area contributed by atoms with Crippen molar-refractivity contribution in [3.05, 3.63) is 55.0 Å². The van der Waals surface area contributed by atoms with Crippen molar-refractivity contribution < 1.29 is 14.6 Å². The molecule has 0 unspecified atom stereocenters. The van der Waals surface area contributed by atoms with Crippen LogP contribution in [0.25, 0.3) is 22.2 Å². The molecule has 0 atom stereocenters. The molecule has 0 aliphatic carbocycles. The zero-order valence-corrected chi connectivity index (χ0v) is 22.7. The Balaban J connectivity index is 1.37. The summed E-state index contributed by atoms with van der Waals surface area (Å²) in [5, 5.41) is 24.7. The van der Waals surface area contributed by atoms with Crippen LogP contribution < -0.4 is 4.90 Å². The molecule has 11 nitrogen and oxygen atoms in total. The average Bonchev–Trinajstić information content (AvgIpc) is 3.51. The highest BCUT2D eigenvalue weighted by molar-refractivity contribution is 6.76. The van der Waals surface area contributed by atoms with Crippen LogP contribution in [0.4, 0.5) is 5.82 Å². The Bertz CT molecular complexity index is 1510. The molecule has 1 fully saturated rings. The SMILES string of the molecule is C[Si](C)(C)CCOCn1ccc2c(-c3cnn(C4(CC#N)CN(c5nccnc5C(=O)O)C4)c3)ccnc21. The topological polar surface area (TPSA) is 135 Å². The predicted molar refractivity (Wildman–Crippen MR) is 144 cm³/mol. The number of hydrogen-bond donors (Lipinski definition) is 1. The molecule has 12 heteroatoms. The zero-order chi connectivity index (χ0) is 26.9. The van der Waals surface area contributed by atoms with Gasteiger partial charge in [0.05, 0.1) is 18.7 Å². The zero-order valence-electron chi connectivity index (χ0n) is 21.7. The molecule has 1 N–H and O–H groups in total. The number of carboxylic acids is 1. The van der Waals surface area contributed by atoms with Crippen molar-refractivity contribution in [3.8, 4) is 17.2 Å². The molecule has 5 heterocycles. The Morgan fingerprint density at radius 1 is 1.18 bits per heavy atom. The van der Waals surface area contributed by atoms with Crippen molar-refractivity contribution in [2.45, 2.75) is 44.4 Å². The first-order valence-corrected chi connectivity index (χ1v) is 16.1. The standard InChI is InChI=1S/C26H30N8O3Si/c1-38(2,3)13-12-37-18-32-11-5-21-20(4-8-29-23(21)32)19-14-31-34(15-19)26(6-7-27)16-33(17-26)24-22(25(35)36)28-9-10-30-24/h4-5,8-11,14-15H,6,12-13,16-18H2,1-3H3,(H,35,36). The third-order valence-electron chi connectivity index (χ3n) is 6.83. The van der Waals surface area contributed by atoms with Gasteiger partial charge in [-0.1, -0.05) is 19.6 Å². The van der Waals surface area contributed by atoms with E-state index in [1.807, 2.05) is 38.7 Å². The molecule has 196 valence electrons. The summed E-state index contributed by atoms with van der Waals surface area (Å²) in [4.78, 5) is 26.2. The molecule has 0 aromatic carbocycles. The van der Waals surface area contributed by atoms with Gasteiger partial charge in [0.2, 0.25) is 0 Å². The summed E-state index contributed by atoms with van der Waals surface area (Å²) in [6, 6.07) is 7.38. The van der Waals surface area contributed by atoms with E-state index in [2.05, 4.69) is 45.8 Å². The lowest BCUT2D eigenvalue weighted by Gasteiger charge is -2.49. The molecular weight excluding hydrogens is 500 g/mol. The van der Waals surface area contributed by atoms with E-state index in [0.29, 0.717) is 25.6 Å². The first-order valence-electron chi connectivity index (χ1n) is 12.4. The molecule has 1 saturated heterocycles. The number of pyridine rings is 1. The molecule has 5 rings (SSSR count). The number of carbonyl (C=O) groups is 1. The Kier molecular flexibility index (Phi) is 6.72. The molecule has 0 bridgehead atoms. The first kappa shape index (κ1) is 25.6. The lowest BCUT2D eigenvalue weighted by Crippen LogP contribution is -2.63. The molecule has 4 aromatic rings. The van der Waals surface area contributed by atoms with E-state index >= 15 is 0 Å². The fraction of sp³-hybridized carbons (Fsp3) is 0.385. The quantitative estimate of drug-likeness (QED) is 0.240. The second-order valence-electron chi connectivity index (χ2n) is 10.9. The van der Waals surface area contributed by atoms with Crippen LogP contribution in [0, 0.1) is 11.3 Å². The fourth-order valence-electron chi connectivity index (χ4n) is 4.72. The van der Waals surface area contributed by atoms with Crippen molar-refractivity contribution in [1.82, 2.24) is 29.3 Å². The first-order chi connectivity index (χ1) is 18.2. The van der Waals surface area contributed by atoms with Gasteiger partial charge in [-0.3, -0.25) is 4.68 Å². The van der Waals surface area contributed by atoms with Crippen molar-refractivity contribution in [1.29, 1.82) is 5.26 Å². The molecule has 0 radical (unpaired) electrons. The Labute approximate surface area is 221 Å². The lowest BCUT2D eigenvalue weighted by molar-refractivity contribution is 0.0689. The number of aromatic carboxylic acids is 1. The van der Waals surface area contributed by atoms with Crippen LogP contribution in [0.2, 0.25) is 25.7 Å². The second kappa shape index (κ2) is 10.00. The van der Waals surface area contributed by atoms with Gasteiger partial charge in [-0.25, -0.2) is 19.7 Å². The molecular formula is C26H30N8O3Si. The van der Waals surface area contributed by atoms with Gasteiger partial charge in [-0.05, 0) is 23.7 Å². The minimum absolute atomic E-state index is 0.104. The van der Waals surface area contributed by atoms with Crippen molar-refractivity contribution in [3.63, 3.8) is 0 Å². The van der Waals surface area contributed by atoms with Crippen LogP contribution >= 0.6 is 0 Å². The van der Waals surface area contributed by atoms with Crippen LogP contribution in [-0.2, 0) is 17.0 Å². The fourth-order valence-corrected chi connectivity index (χ4v) is 5.48. The van der Waals surface area contributed by atoms with Crippen molar-refractivity contribution in [2.24, 2.45) is 0 Å². The summed E-state index contributed by atoms with van der Waals surface area (Å²) >= 11 is 0. The average molecular weight is 531 g/mol. The Morgan fingerprint density at radius 3 is 2.71 bits per heavy atom. The maximum atomic E-state index is 11.6. The van der Waals surface area contributed by atoms with Crippen LogP contribution in [0.3, 0.4) is 0 Å². The van der Waals surface area contributed by atoms with Gasteiger partial charge in [-0.15, -0.1) is 0 Å². The highest BCUT2D eigenvalue weighted by Crippen LogP contribution is 2.37. The van der Waals surface area contributed by atoms with Crippen LogP contribution in [0.15, 0.2) is 49.3 Å². The van der Waals surface area contributed by atoms with Crippen molar-refractivity contribution in [2.75, 3.05) is 24.6 Å². The van der Waals surface area contributed by atoms with Gasteiger partial charge in [0, 0.05) is 69.7 Å². The Hall–Kier alpha value is -4.08. The normalized spacial score (nSPS) is 14.8. The van der Waals surface area contributed by atoms with Gasteiger partial charge < -0.3 is 19.3 Å². The van der Waals surface area contributed by atoms with E-state index in [1.54, 1.807) is 12.4 Å². The Morgan fingerprint density at radius 2 is 1.97 bits per heavy atom. The van der Waals surface area contributed by atoms with E-state index in [0.717, 1.165) is 34.8 Å². The summed E-state index contributed by atoms with van der Waals surface area (Å²) < 4.78 is 9.77. The summed E-state index contributed by atoms with van der Waals surface area (Å²) in [7, 11) is -1.15. The van der Waals surface area contributed by atoms with Crippen LogP contribution in [0.1, 0.15) is 16.9 Å². The largest absolute Gasteiger partial charge is 0.476 e. The van der Waals surface area contributed by atoms with Crippen LogP contribution in [-0.4, -0.2) is 68.1 Å². The predicted octanol–water partition coefficient (Wildman–Crippen LogP) is 3.83. The minimum Gasteiger partial charge on any atom is -0.476 e. The summed E-state index contributed by atoms with van der Waals surface area (Å²) in [5.74, 6) is -0.840. The monoisotopic (exact) mass is 530 g/mol. The summed E-state index contributed by atoms with van der Waals surface area (Å²) in [5.41, 5.74) is 2.05. The van der Waals surface area contributed by atoms with Crippen molar-refractivity contribution >= 4 is 30.9 Å². The van der Waals surface area contributed by atoms with Crippen LogP contribution in [0.5, 0.6) is 0 Å². The van der Waals surface area contributed by atoms with Gasteiger partial charge in [0.1, 0.15) is 17.9 Å². The number of hydrogen-bond acceptors (Lipinski definition) is 8. The number of nitrogens with zero attached hydrogens (tertiary/aromatic N) is 8. The third-order valence-corrected chi connectivity index (χ3v) is 8.53. The number of anilines is 1. The van der Waals surface area contributed by atoms with Gasteiger partial charge in [0.25, 0.3) is 0 Å². The number of nitriles is 1. The highest BCUT2D eigenvalue weighted by Gasteiger charge is 2.47. The van der Waals surface area contributed by atoms with Gasteiger partial charge in [-0.2, -0.15) is 10.4 Å². The second-order valence-corrected chi connectivity index (χ2v) is 16.5. The van der Waals surface area contributed by atoms with Gasteiger partial charge in [0.15, 0.2) is 11.5 Å². The number of aromatic nitrogens is 6. The number of ether oxygens (including phenoxy) is 1. The smallest absolute Gasteiger partial charge is 0.358 e. The maximum absolute atomic E-state index is 11.6. The molecule has 1 aliphatic rings. The highest BCUT2D eigenvalue weighted by atomic mass is 28.3. The third kappa shape index (κ3) is 4.90. The molecule has 4 aromatic heterocycles. The molecule has 0 amide bonds.